The van der Waals surface area contributed by atoms with Gasteiger partial charge in [-0.15, -0.1) is 0 Å². The van der Waals surface area contributed by atoms with Gasteiger partial charge in [-0.3, -0.25) is 4.79 Å². The zero-order chi connectivity index (χ0) is 16.1. The molecule has 0 saturated carbocycles. The van der Waals surface area contributed by atoms with Crippen LogP contribution < -0.4 is 20.5 Å². The number of hydrogen-bond donors (Lipinski definition) is 2. The highest BCUT2D eigenvalue weighted by Gasteiger charge is 2.11. The number of methoxy groups -OCH3 is 2. The fraction of sp³-hybridized carbons (Fsp3) is 0.188. The highest BCUT2D eigenvalue weighted by molar-refractivity contribution is 6.34. The van der Waals surface area contributed by atoms with Gasteiger partial charge >= 0.3 is 0 Å². The van der Waals surface area contributed by atoms with E-state index in [-0.39, 0.29) is 5.91 Å². The Labute approximate surface area is 134 Å². The Bertz CT molecular complexity index is 689. The quantitative estimate of drug-likeness (QED) is 0.831. The number of nitrogens with one attached hydrogen (secondary N) is 1. The molecule has 0 aliphatic heterocycles. The Balaban J connectivity index is 2.08. The molecule has 2 aromatic rings. The third-order valence-corrected chi connectivity index (χ3v) is 3.45. The lowest BCUT2D eigenvalue weighted by atomic mass is 10.1. The van der Waals surface area contributed by atoms with Crippen molar-refractivity contribution in [3.05, 3.63) is 52.5 Å². The van der Waals surface area contributed by atoms with Crippen molar-refractivity contribution < 1.29 is 14.3 Å². The number of amides is 1. The molecule has 0 unspecified atom stereocenters. The van der Waals surface area contributed by atoms with Crippen molar-refractivity contribution >= 4 is 23.2 Å². The maximum atomic E-state index is 12.1. The van der Waals surface area contributed by atoms with Gasteiger partial charge < -0.3 is 20.5 Å². The Kier molecular flexibility index (Phi) is 5.12. The maximum absolute atomic E-state index is 12.1. The first-order valence-electron chi connectivity index (χ1n) is 6.59. The Morgan fingerprint density at radius 1 is 1.14 bits per heavy atom. The minimum Gasteiger partial charge on any atom is -0.493 e. The molecular weight excluding hydrogens is 304 g/mol. The van der Waals surface area contributed by atoms with E-state index in [0.717, 1.165) is 5.56 Å². The summed E-state index contributed by atoms with van der Waals surface area (Å²) in [6.07, 6.45) is 0. The summed E-state index contributed by atoms with van der Waals surface area (Å²) in [7, 11) is 3.14. The van der Waals surface area contributed by atoms with Crippen LogP contribution in [0.3, 0.4) is 0 Å². The van der Waals surface area contributed by atoms with E-state index in [9.17, 15) is 4.79 Å². The monoisotopic (exact) mass is 320 g/mol. The van der Waals surface area contributed by atoms with E-state index in [1.165, 1.54) is 0 Å². The second-order valence-electron chi connectivity index (χ2n) is 4.61. The maximum Gasteiger partial charge on any atom is 0.253 e. The first kappa shape index (κ1) is 16.0. The molecule has 0 bridgehead atoms. The molecule has 0 heterocycles. The average molecular weight is 321 g/mol. The third kappa shape index (κ3) is 3.62. The van der Waals surface area contributed by atoms with E-state index in [1.54, 1.807) is 38.5 Å². The summed E-state index contributed by atoms with van der Waals surface area (Å²) in [6, 6.07) is 10.2. The average Bonchev–Trinajstić information content (AvgIpc) is 2.52. The summed E-state index contributed by atoms with van der Waals surface area (Å²) in [5.74, 6) is 0.985. The molecule has 0 aliphatic carbocycles. The number of halogens is 1. The van der Waals surface area contributed by atoms with Gasteiger partial charge in [0, 0.05) is 12.2 Å². The minimum absolute atomic E-state index is 0.264. The Morgan fingerprint density at radius 2 is 1.86 bits per heavy atom. The van der Waals surface area contributed by atoms with Crippen LogP contribution in [-0.4, -0.2) is 20.1 Å². The van der Waals surface area contributed by atoms with Crippen molar-refractivity contribution in [2.75, 3.05) is 20.0 Å². The second-order valence-corrected chi connectivity index (χ2v) is 5.02. The lowest BCUT2D eigenvalue weighted by Gasteiger charge is -2.11. The number of carbonyl (C=O) groups is 1. The first-order chi connectivity index (χ1) is 10.5. The molecule has 6 heteroatoms. The summed E-state index contributed by atoms with van der Waals surface area (Å²) in [5, 5.41) is 3.13. The van der Waals surface area contributed by atoms with Crippen molar-refractivity contribution in [2.24, 2.45) is 0 Å². The largest absolute Gasteiger partial charge is 0.493 e. The van der Waals surface area contributed by atoms with Crippen LogP contribution in [0.25, 0.3) is 0 Å². The molecule has 116 valence electrons. The standard InChI is InChI=1S/C16H17ClN2O3/c1-21-14-6-3-10(7-15(14)22-2)9-19-16(20)12-5-4-11(18)8-13(12)17/h3-8H,9,18H2,1-2H3,(H,19,20). The zero-order valence-electron chi connectivity index (χ0n) is 12.4. The smallest absolute Gasteiger partial charge is 0.253 e. The van der Waals surface area contributed by atoms with Crippen molar-refractivity contribution in [1.29, 1.82) is 0 Å². The topological polar surface area (TPSA) is 73.6 Å². The molecular formula is C16H17ClN2O3. The summed E-state index contributed by atoms with van der Waals surface area (Å²) >= 11 is 6.02. The van der Waals surface area contributed by atoms with Gasteiger partial charge in [-0.25, -0.2) is 0 Å². The summed E-state index contributed by atoms with van der Waals surface area (Å²) < 4.78 is 10.4. The van der Waals surface area contributed by atoms with Crippen molar-refractivity contribution in [3.63, 3.8) is 0 Å². The van der Waals surface area contributed by atoms with Crippen LogP contribution in [0.2, 0.25) is 5.02 Å². The number of rotatable bonds is 5. The molecule has 3 N–H and O–H groups in total. The van der Waals surface area contributed by atoms with Gasteiger partial charge in [0.15, 0.2) is 11.5 Å². The molecule has 0 aromatic heterocycles. The zero-order valence-corrected chi connectivity index (χ0v) is 13.1. The summed E-state index contributed by atoms with van der Waals surface area (Å²) in [5.41, 5.74) is 7.40. The van der Waals surface area contributed by atoms with E-state index < -0.39 is 0 Å². The van der Waals surface area contributed by atoms with E-state index in [2.05, 4.69) is 5.32 Å². The molecule has 0 aliphatic rings. The van der Waals surface area contributed by atoms with Crippen LogP contribution in [-0.2, 0) is 6.54 Å². The predicted molar refractivity (Wildman–Crippen MR) is 86.6 cm³/mol. The fourth-order valence-electron chi connectivity index (χ4n) is 1.98. The first-order valence-corrected chi connectivity index (χ1v) is 6.97. The van der Waals surface area contributed by atoms with E-state index in [0.29, 0.717) is 34.3 Å². The molecule has 2 aromatic carbocycles. The third-order valence-electron chi connectivity index (χ3n) is 3.14. The second kappa shape index (κ2) is 7.04. The summed E-state index contributed by atoms with van der Waals surface area (Å²) in [4.78, 5) is 12.1. The molecule has 0 saturated heterocycles. The SMILES string of the molecule is COc1ccc(CNC(=O)c2ccc(N)cc2Cl)cc1OC. The van der Waals surface area contributed by atoms with Crippen LogP contribution in [0.4, 0.5) is 5.69 Å². The predicted octanol–water partition coefficient (Wildman–Crippen LogP) is 2.87. The van der Waals surface area contributed by atoms with Crippen molar-refractivity contribution in [1.82, 2.24) is 5.32 Å². The highest BCUT2D eigenvalue weighted by atomic mass is 35.5. The number of benzene rings is 2. The molecule has 0 fully saturated rings. The van der Waals surface area contributed by atoms with Crippen LogP contribution in [0.15, 0.2) is 36.4 Å². The summed E-state index contributed by atoms with van der Waals surface area (Å²) in [6.45, 7) is 0.347. The molecule has 1 amide bonds. The minimum atomic E-state index is -0.264. The Hall–Kier alpha value is -2.40. The Morgan fingerprint density at radius 3 is 2.50 bits per heavy atom. The number of ether oxygens (including phenoxy) is 2. The van der Waals surface area contributed by atoms with Crippen molar-refractivity contribution in [3.8, 4) is 11.5 Å². The number of nitrogen functional groups attached to an aromatic ring is 1. The number of hydrogen-bond acceptors (Lipinski definition) is 4. The molecule has 2 rings (SSSR count). The van der Waals surface area contributed by atoms with Crippen LogP contribution >= 0.6 is 11.6 Å². The lowest BCUT2D eigenvalue weighted by Crippen LogP contribution is -2.23. The molecule has 0 atom stereocenters. The molecule has 0 radical (unpaired) electrons. The van der Waals surface area contributed by atoms with Gasteiger partial charge in [0.1, 0.15) is 0 Å². The van der Waals surface area contributed by atoms with Gasteiger partial charge in [-0.1, -0.05) is 17.7 Å². The van der Waals surface area contributed by atoms with Gasteiger partial charge in [0.2, 0.25) is 0 Å². The van der Waals surface area contributed by atoms with Gasteiger partial charge in [-0.05, 0) is 35.9 Å². The van der Waals surface area contributed by atoms with E-state index in [4.69, 9.17) is 26.8 Å². The van der Waals surface area contributed by atoms with Crippen LogP contribution in [0.1, 0.15) is 15.9 Å². The highest BCUT2D eigenvalue weighted by Crippen LogP contribution is 2.27. The lowest BCUT2D eigenvalue weighted by molar-refractivity contribution is 0.0951. The van der Waals surface area contributed by atoms with E-state index >= 15 is 0 Å². The van der Waals surface area contributed by atoms with E-state index in [1.807, 2.05) is 12.1 Å². The number of anilines is 1. The van der Waals surface area contributed by atoms with Crippen molar-refractivity contribution in [2.45, 2.75) is 6.54 Å². The van der Waals surface area contributed by atoms with Crippen LogP contribution in [0.5, 0.6) is 11.5 Å². The number of carbonyl (C=O) groups excluding carboxylic acids is 1. The number of nitrogens with two attached hydrogens (primary N) is 1. The van der Waals surface area contributed by atoms with Gasteiger partial charge in [0.25, 0.3) is 5.91 Å². The molecule has 22 heavy (non-hydrogen) atoms. The molecule has 5 nitrogen and oxygen atoms in total. The van der Waals surface area contributed by atoms with Crippen LogP contribution in [0, 0.1) is 0 Å². The van der Waals surface area contributed by atoms with Gasteiger partial charge in [-0.2, -0.15) is 0 Å². The normalized spacial score (nSPS) is 10.1. The van der Waals surface area contributed by atoms with Gasteiger partial charge in [0.05, 0.1) is 24.8 Å². The molecule has 0 spiro atoms. The fourth-order valence-corrected chi connectivity index (χ4v) is 2.26.